The highest BCUT2D eigenvalue weighted by atomic mass is 35.5. The lowest BCUT2D eigenvalue weighted by atomic mass is 10.3. The number of nitrogens with two attached hydrogens (primary N) is 1. The third-order valence-corrected chi connectivity index (χ3v) is 3.85. The molecule has 1 amide bonds. The van der Waals surface area contributed by atoms with Gasteiger partial charge in [0.1, 0.15) is 6.54 Å². The van der Waals surface area contributed by atoms with Gasteiger partial charge in [-0.25, -0.2) is 8.42 Å². The fourth-order valence-electron chi connectivity index (χ4n) is 1.44. The van der Waals surface area contributed by atoms with Crippen molar-refractivity contribution in [1.82, 2.24) is 0 Å². The van der Waals surface area contributed by atoms with Crippen LogP contribution in [0.2, 0.25) is 5.02 Å². The molecule has 116 valence electrons. The number of sulfonamides is 1. The molecule has 0 radical (unpaired) electrons. The molecule has 9 heteroatoms. The maximum atomic E-state index is 11.8. The molecule has 0 saturated carbocycles. The number of rotatable bonds is 6. The highest BCUT2D eigenvalue weighted by molar-refractivity contribution is 7.92. The van der Waals surface area contributed by atoms with Gasteiger partial charge in [-0.05, 0) is 25.1 Å². The first kappa shape index (κ1) is 17.3. The molecule has 0 fully saturated rings. The summed E-state index contributed by atoms with van der Waals surface area (Å²) in [6, 6.07) is 6.00. The lowest BCUT2D eigenvalue weighted by Crippen LogP contribution is -2.39. The maximum Gasteiger partial charge on any atom is 0.327 e. The Bertz CT molecular complexity index is 647. The largest absolute Gasteiger partial charge is 0.451 e. The Hall–Kier alpha value is -1.80. The maximum absolute atomic E-state index is 11.8. The fraction of sp³-hybridized carbons (Fsp3) is 0.333. The number of esters is 1. The summed E-state index contributed by atoms with van der Waals surface area (Å²) in [6.07, 6.45) is -0.197. The summed E-state index contributed by atoms with van der Waals surface area (Å²) in [6.45, 7) is 0.710. The van der Waals surface area contributed by atoms with Gasteiger partial charge in [-0.15, -0.1) is 0 Å². The number of halogens is 1. The second-order valence-electron chi connectivity index (χ2n) is 4.28. The van der Waals surface area contributed by atoms with Crippen molar-refractivity contribution in [1.29, 1.82) is 0 Å². The average Bonchev–Trinajstić information content (AvgIpc) is 2.34. The first-order valence-corrected chi connectivity index (χ1v) is 8.06. The number of primary amides is 1. The van der Waals surface area contributed by atoms with E-state index in [9.17, 15) is 18.0 Å². The van der Waals surface area contributed by atoms with Crippen LogP contribution in [0, 0.1) is 0 Å². The van der Waals surface area contributed by atoms with Gasteiger partial charge in [0, 0.05) is 5.02 Å². The van der Waals surface area contributed by atoms with Gasteiger partial charge in [0.25, 0.3) is 5.91 Å². The number of anilines is 1. The summed E-state index contributed by atoms with van der Waals surface area (Å²) < 4.78 is 29.1. The normalized spacial score (nSPS) is 12.5. The summed E-state index contributed by atoms with van der Waals surface area (Å²) in [7, 11) is -3.73. The molecule has 0 aliphatic carbocycles. The highest BCUT2D eigenvalue weighted by Crippen LogP contribution is 2.21. The third kappa shape index (κ3) is 5.24. The van der Waals surface area contributed by atoms with Crippen molar-refractivity contribution in [3.63, 3.8) is 0 Å². The van der Waals surface area contributed by atoms with Gasteiger partial charge in [-0.3, -0.25) is 13.9 Å². The van der Waals surface area contributed by atoms with Gasteiger partial charge in [0.15, 0.2) is 6.10 Å². The third-order valence-electron chi connectivity index (χ3n) is 2.48. The predicted molar refractivity (Wildman–Crippen MR) is 78.4 cm³/mol. The van der Waals surface area contributed by atoms with Crippen molar-refractivity contribution < 1.29 is 22.7 Å². The van der Waals surface area contributed by atoms with E-state index in [1.807, 2.05) is 0 Å². The Kier molecular flexibility index (Phi) is 5.56. The van der Waals surface area contributed by atoms with Gasteiger partial charge in [-0.2, -0.15) is 0 Å². The molecule has 0 heterocycles. The Morgan fingerprint density at radius 2 is 2.05 bits per heavy atom. The van der Waals surface area contributed by atoms with E-state index >= 15 is 0 Å². The van der Waals surface area contributed by atoms with Crippen LogP contribution in [0.4, 0.5) is 5.69 Å². The second kappa shape index (κ2) is 6.77. The number of amides is 1. The zero-order chi connectivity index (χ0) is 16.2. The number of carbonyl (C=O) groups is 2. The summed E-state index contributed by atoms with van der Waals surface area (Å²) in [5.74, 6) is -1.72. The SMILES string of the molecule is C[C@H](OC(=O)CN(c1cccc(Cl)c1)S(C)(=O)=O)C(N)=O. The number of ether oxygens (including phenoxy) is 1. The Balaban J connectivity index is 2.96. The number of benzene rings is 1. The molecule has 0 aliphatic rings. The van der Waals surface area contributed by atoms with Crippen LogP contribution in [0.3, 0.4) is 0 Å². The van der Waals surface area contributed by atoms with Crippen molar-refractivity contribution >= 4 is 39.2 Å². The Morgan fingerprint density at radius 3 is 2.52 bits per heavy atom. The van der Waals surface area contributed by atoms with Gasteiger partial charge < -0.3 is 10.5 Å². The molecule has 0 saturated heterocycles. The van der Waals surface area contributed by atoms with Crippen LogP contribution >= 0.6 is 11.6 Å². The number of hydrogen-bond donors (Lipinski definition) is 1. The van der Waals surface area contributed by atoms with E-state index in [-0.39, 0.29) is 5.69 Å². The second-order valence-corrected chi connectivity index (χ2v) is 6.63. The molecule has 1 rings (SSSR count). The quantitative estimate of drug-likeness (QED) is 0.763. The standard InChI is InChI=1S/C12H15ClN2O5S/c1-8(12(14)17)20-11(16)7-15(21(2,18)19)10-5-3-4-9(13)6-10/h3-6,8H,7H2,1-2H3,(H2,14,17)/t8-/m0/s1. The molecular formula is C12H15ClN2O5S. The minimum atomic E-state index is -3.73. The van der Waals surface area contributed by atoms with Crippen LogP contribution < -0.4 is 10.0 Å². The van der Waals surface area contributed by atoms with Crippen molar-refractivity contribution in [2.24, 2.45) is 5.73 Å². The molecule has 1 aromatic rings. The molecule has 0 spiro atoms. The van der Waals surface area contributed by atoms with Gasteiger partial charge in [-0.1, -0.05) is 17.7 Å². The lowest BCUT2D eigenvalue weighted by molar-refractivity contribution is -0.152. The molecule has 2 N–H and O–H groups in total. The molecule has 0 aromatic heterocycles. The van der Waals surface area contributed by atoms with E-state index in [1.165, 1.54) is 19.1 Å². The number of nitrogens with zero attached hydrogens (tertiary/aromatic N) is 1. The van der Waals surface area contributed by atoms with Crippen LogP contribution in [0.15, 0.2) is 24.3 Å². The molecule has 1 atom stereocenters. The predicted octanol–water partition coefficient (Wildman–Crippen LogP) is 0.523. The molecule has 1 aromatic carbocycles. The molecule has 0 unspecified atom stereocenters. The smallest absolute Gasteiger partial charge is 0.327 e. The summed E-state index contributed by atoms with van der Waals surface area (Å²) in [4.78, 5) is 22.5. The van der Waals surface area contributed by atoms with E-state index in [2.05, 4.69) is 0 Å². The summed E-state index contributed by atoms with van der Waals surface area (Å²) >= 11 is 5.80. The van der Waals surface area contributed by atoms with Crippen LogP contribution in [0.25, 0.3) is 0 Å². The summed E-state index contributed by atoms with van der Waals surface area (Å²) in [5.41, 5.74) is 5.18. The van der Waals surface area contributed by atoms with E-state index in [4.69, 9.17) is 22.1 Å². The van der Waals surface area contributed by atoms with Crippen molar-refractivity contribution in [3.8, 4) is 0 Å². The van der Waals surface area contributed by atoms with Crippen molar-refractivity contribution in [3.05, 3.63) is 29.3 Å². The topological polar surface area (TPSA) is 107 Å². The molecule has 0 bridgehead atoms. The van der Waals surface area contributed by atoms with Crippen LogP contribution in [0.1, 0.15) is 6.92 Å². The minimum Gasteiger partial charge on any atom is -0.451 e. The number of hydrogen-bond acceptors (Lipinski definition) is 5. The lowest BCUT2D eigenvalue weighted by Gasteiger charge is -2.22. The first-order chi connectivity index (χ1) is 9.61. The first-order valence-electron chi connectivity index (χ1n) is 5.83. The molecule has 21 heavy (non-hydrogen) atoms. The van der Waals surface area contributed by atoms with E-state index in [0.29, 0.717) is 5.02 Å². The van der Waals surface area contributed by atoms with Gasteiger partial charge in [0.05, 0.1) is 11.9 Å². The van der Waals surface area contributed by atoms with Gasteiger partial charge in [0.2, 0.25) is 10.0 Å². The van der Waals surface area contributed by atoms with E-state index < -0.39 is 34.5 Å². The van der Waals surface area contributed by atoms with Crippen LogP contribution in [-0.2, 0) is 24.3 Å². The summed E-state index contributed by atoms with van der Waals surface area (Å²) in [5, 5.41) is 0.319. The molecule has 7 nitrogen and oxygen atoms in total. The zero-order valence-corrected chi connectivity index (χ0v) is 13.0. The van der Waals surface area contributed by atoms with E-state index in [0.717, 1.165) is 10.6 Å². The minimum absolute atomic E-state index is 0.216. The highest BCUT2D eigenvalue weighted by Gasteiger charge is 2.24. The fourth-order valence-corrected chi connectivity index (χ4v) is 2.46. The van der Waals surface area contributed by atoms with Crippen molar-refractivity contribution in [2.75, 3.05) is 17.1 Å². The molecular weight excluding hydrogens is 320 g/mol. The van der Waals surface area contributed by atoms with Crippen molar-refractivity contribution in [2.45, 2.75) is 13.0 Å². The monoisotopic (exact) mass is 334 g/mol. The van der Waals surface area contributed by atoms with Gasteiger partial charge >= 0.3 is 5.97 Å². The average molecular weight is 335 g/mol. The van der Waals surface area contributed by atoms with Crippen LogP contribution in [-0.4, -0.2) is 39.2 Å². The van der Waals surface area contributed by atoms with Crippen LogP contribution in [0.5, 0.6) is 0 Å². The molecule has 0 aliphatic heterocycles. The Labute approximate surface area is 127 Å². The Morgan fingerprint density at radius 1 is 1.43 bits per heavy atom. The van der Waals surface area contributed by atoms with E-state index in [1.54, 1.807) is 12.1 Å². The number of carbonyl (C=O) groups excluding carboxylic acids is 2. The zero-order valence-electron chi connectivity index (χ0n) is 11.4.